The molecule has 0 amide bonds. The van der Waals surface area contributed by atoms with Crippen molar-refractivity contribution in [3.05, 3.63) is 18.2 Å². The summed E-state index contributed by atoms with van der Waals surface area (Å²) in [5, 5.41) is 0.231. The summed E-state index contributed by atoms with van der Waals surface area (Å²) >= 11 is 0.940. The van der Waals surface area contributed by atoms with E-state index >= 15 is 0 Å². The van der Waals surface area contributed by atoms with Crippen molar-refractivity contribution in [2.45, 2.75) is 17.8 Å². The van der Waals surface area contributed by atoms with E-state index in [1.54, 1.807) is 18.2 Å². The fourth-order valence-corrected chi connectivity index (χ4v) is 2.06. The van der Waals surface area contributed by atoms with Gasteiger partial charge >= 0.3 is 6.18 Å². The van der Waals surface area contributed by atoms with Crippen LogP contribution in [0.2, 0.25) is 0 Å². The SMILES string of the molecule is Nc1ccc2oc(SCCC(F)(F)F)nc2c1. The molecule has 2 N–H and O–H groups in total. The Labute approximate surface area is 99.2 Å². The van der Waals surface area contributed by atoms with Gasteiger partial charge in [-0.3, -0.25) is 0 Å². The largest absolute Gasteiger partial charge is 0.431 e. The summed E-state index contributed by atoms with van der Waals surface area (Å²) in [5.74, 6) is -0.105. The molecule has 92 valence electrons. The number of aromatic nitrogens is 1. The third kappa shape index (κ3) is 3.29. The lowest BCUT2D eigenvalue weighted by atomic mass is 10.3. The summed E-state index contributed by atoms with van der Waals surface area (Å²) in [6.45, 7) is 0. The molecule has 1 heterocycles. The zero-order valence-corrected chi connectivity index (χ0v) is 9.44. The van der Waals surface area contributed by atoms with E-state index < -0.39 is 12.6 Å². The second-order valence-corrected chi connectivity index (χ2v) is 4.47. The van der Waals surface area contributed by atoms with E-state index in [0.29, 0.717) is 16.8 Å². The van der Waals surface area contributed by atoms with Gasteiger partial charge in [0.05, 0.1) is 6.42 Å². The molecule has 0 aliphatic heterocycles. The van der Waals surface area contributed by atoms with Crippen LogP contribution >= 0.6 is 11.8 Å². The summed E-state index contributed by atoms with van der Waals surface area (Å²) in [4.78, 5) is 4.04. The van der Waals surface area contributed by atoms with Gasteiger partial charge in [-0.1, -0.05) is 11.8 Å². The highest BCUT2D eigenvalue weighted by atomic mass is 32.2. The van der Waals surface area contributed by atoms with Crippen molar-refractivity contribution < 1.29 is 17.6 Å². The number of alkyl halides is 3. The van der Waals surface area contributed by atoms with E-state index in [1.807, 2.05) is 0 Å². The van der Waals surface area contributed by atoms with Crippen molar-refractivity contribution in [3.63, 3.8) is 0 Å². The zero-order chi connectivity index (χ0) is 12.5. The molecule has 0 unspecified atom stereocenters. The Kier molecular flexibility index (Phi) is 3.19. The monoisotopic (exact) mass is 262 g/mol. The highest BCUT2D eigenvalue weighted by Crippen LogP contribution is 2.28. The van der Waals surface area contributed by atoms with E-state index in [1.165, 1.54) is 0 Å². The van der Waals surface area contributed by atoms with Gasteiger partial charge in [0, 0.05) is 11.4 Å². The zero-order valence-electron chi connectivity index (χ0n) is 8.62. The van der Waals surface area contributed by atoms with E-state index in [2.05, 4.69) is 4.98 Å². The Balaban J connectivity index is 2.05. The van der Waals surface area contributed by atoms with Crippen LogP contribution in [-0.2, 0) is 0 Å². The van der Waals surface area contributed by atoms with Crippen LogP contribution in [0.5, 0.6) is 0 Å². The van der Waals surface area contributed by atoms with Crippen LogP contribution in [0.3, 0.4) is 0 Å². The lowest BCUT2D eigenvalue weighted by molar-refractivity contribution is -0.129. The topological polar surface area (TPSA) is 52.0 Å². The fraction of sp³-hybridized carbons (Fsp3) is 0.300. The number of fused-ring (bicyclic) bond motifs is 1. The molecule has 0 aliphatic carbocycles. The third-order valence-electron chi connectivity index (χ3n) is 2.00. The molecule has 2 rings (SSSR count). The highest BCUT2D eigenvalue weighted by Gasteiger charge is 2.26. The Bertz CT molecular complexity index is 524. The Morgan fingerprint density at radius 1 is 1.35 bits per heavy atom. The molecule has 1 aromatic carbocycles. The second kappa shape index (κ2) is 4.48. The molecule has 0 spiro atoms. The lowest BCUT2D eigenvalue weighted by Gasteiger charge is -2.02. The van der Waals surface area contributed by atoms with Crippen molar-refractivity contribution in [1.29, 1.82) is 0 Å². The summed E-state index contributed by atoms with van der Waals surface area (Å²) in [6.07, 6.45) is -5.01. The van der Waals surface area contributed by atoms with Crippen molar-refractivity contribution in [2.24, 2.45) is 0 Å². The molecule has 0 saturated carbocycles. The maximum atomic E-state index is 11.9. The summed E-state index contributed by atoms with van der Waals surface area (Å²) in [5.41, 5.74) is 7.17. The van der Waals surface area contributed by atoms with Crippen LogP contribution in [0, 0.1) is 0 Å². The summed E-state index contributed by atoms with van der Waals surface area (Å²) in [6, 6.07) is 4.91. The van der Waals surface area contributed by atoms with Gasteiger partial charge in [0.2, 0.25) is 0 Å². The quantitative estimate of drug-likeness (QED) is 0.680. The number of anilines is 1. The van der Waals surface area contributed by atoms with Crippen molar-refractivity contribution >= 4 is 28.5 Å². The van der Waals surface area contributed by atoms with Crippen LogP contribution < -0.4 is 5.73 Å². The van der Waals surface area contributed by atoms with Crippen LogP contribution in [0.4, 0.5) is 18.9 Å². The predicted molar refractivity (Wildman–Crippen MR) is 59.8 cm³/mol. The second-order valence-electron chi connectivity index (χ2n) is 3.42. The number of oxazole rings is 1. The van der Waals surface area contributed by atoms with Crippen molar-refractivity contribution in [3.8, 4) is 0 Å². The normalized spacial score (nSPS) is 12.2. The molecule has 2 aromatic rings. The van der Waals surface area contributed by atoms with Gasteiger partial charge in [-0.05, 0) is 18.2 Å². The van der Waals surface area contributed by atoms with Crippen LogP contribution in [-0.4, -0.2) is 16.9 Å². The molecule has 0 aliphatic rings. The minimum atomic E-state index is -4.15. The number of hydrogen-bond donors (Lipinski definition) is 1. The smallest absolute Gasteiger partial charge is 0.389 e. The van der Waals surface area contributed by atoms with E-state index in [9.17, 15) is 13.2 Å². The first-order valence-corrected chi connectivity index (χ1v) is 5.78. The summed E-state index contributed by atoms with van der Waals surface area (Å²) in [7, 11) is 0. The number of nitrogen functional groups attached to an aromatic ring is 1. The molecule has 0 radical (unpaired) electrons. The molecule has 7 heteroatoms. The molecule has 0 bridgehead atoms. The van der Waals surface area contributed by atoms with E-state index in [0.717, 1.165) is 11.8 Å². The predicted octanol–water partition coefficient (Wildman–Crippen LogP) is 3.45. The van der Waals surface area contributed by atoms with Gasteiger partial charge < -0.3 is 10.2 Å². The van der Waals surface area contributed by atoms with Gasteiger partial charge in [-0.15, -0.1) is 0 Å². The molecular weight excluding hydrogens is 253 g/mol. The summed E-state index contributed by atoms with van der Waals surface area (Å²) < 4.78 is 41.1. The first kappa shape index (κ1) is 12.1. The van der Waals surface area contributed by atoms with Gasteiger partial charge in [0.25, 0.3) is 5.22 Å². The number of halogens is 3. The van der Waals surface area contributed by atoms with E-state index in [-0.39, 0.29) is 11.0 Å². The first-order valence-electron chi connectivity index (χ1n) is 4.80. The Morgan fingerprint density at radius 2 is 2.12 bits per heavy atom. The molecule has 0 fully saturated rings. The number of thioether (sulfide) groups is 1. The number of benzene rings is 1. The maximum Gasteiger partial charge on any atom is 0.389 e. The average Bonchev–Trinajstić information content (AvgIpc) is 2.57. The van der Waals surface area contributed by atoms with Crippen LogP contribution in [0.1, 0.15) is 6.42 Å². The molecule has 3 nitrogen and oxygen atoms in total. The van der Waals surface area contributed by atoms with Crippen molar-refractivity contribution in [2.75, 3.05) is 11.5 Å². The maximum absolute atomic E-state index is 11.9. The average molecular weight is 262 g/mol. The Morgan fingerprint density at radius 3 is 2.82 bits per heavy atom. The van der Waals surface area contributed by atoms with Gasteiger partial charge in [-0.2, -0.15) is 13.2 Å². The van der Waals surface area contributed by atoms with Crippen LogP contribution in [0.25, 0.3) is 11.1 Å². The van der Waals surface area contributed by atoms with E-state index in [4.69, 9.17) is 10.2 Å². The van der Waals surface area contributed by atoms with Crippen molar-refractivity contribution in [1.82, 2.24) is 4.98 Å². The lowest BCUT2D eigenvalue weighted by Crippen LogP contribution is -2.07. The molecule has 1 aromatic heterocycles. The molecule has 17 heavy (non-hydrogen) atoms. The van der Waals surface area contributed by atoms with Gasteiger partial charge in [0.1, 0.15) is 5.52 Å². The van der Waals surface area contributed by atoms with Gasteiger partial charge in [-0.25, -0.2) is 4.98 Å². The number of hydrogen-bond acceptors (Lipinski definition) is 4. The van der Waals surface area contributed by atoms with Crippen LogP contribution in [0.15, 0.2) is 27.8 Å². The molecule has 0 atom stereocenters. The fourth-order valence-electron chi connectivity index (χ4n) is 1.24. The van der Waals surface area contributed by atoms with Gasteiger partial charge in [0.15, 0.2) is 5.58 Å². The number of nitrogens with zero attached hydrogens (tertiary/aromatic N) is 1. The first-order chi connectivity index (χ1) is 7.94. The minimum absolute atomic E-state index is 0.105. The molecule has 0 saturated heterocycles. The highest BCUT2D eigenvalue weighted by molar-refractivity contribution is 7.99. The molecular formula is C10H9F3N2OS. The standard InChI is InChI=1S/C10H9F3N2OS/c11-10(12,13)3-4-17-9-15-7-5-6(14)1-2-8(7)16-9/h1-2,5H,3-4,14H2. The third-order valence-corrected chi connectivity index (χ3v) is 2.83. The number of nitrogens with two attached hydrogens (primary N) is 1. The minimum Gasteiger partial charge on any atom is -0.431 e. The number of rotatable bonds is 3. The Hall–Kier alpha value is -1.37.